The van der Waals surface area contributed by atoms with Crippen LogP contribution in [-0.2, 0) is 6.42 Å². The minimum absolute atomic E-state index is 0.127. The van der Waals surface area contributed by atoms with E-state index in [1.54, 1.807) is 6.07 Å². The van der Waals surface area contributed by atoms with E-state index in [-0.39, 0.29) is 11.9 Å². The SMILES string of the molecule is COc1c(Oc2ccc(CCN)cc2)cc(C(=O)N(C)C2CCCCC2)c(OC)c1OC. The molecule has 1 saturated carbocycles. The van der Waals surface area contributed by atoms with Crippen molar-refractivity contribution >= 4 is 5.91 Å². The zero-order valence-corrected chi connectivity index (χ0v) is 19.5. The zero-order valence-electron chi connectivity index (χ0n) is 19.5. The first-order valence-corrected chi connectivity index (χ1v) is 11.1. The fraction of sp³-hybridized carbons (Fsp3) is 0.480. The van der Waals surface area contributed by atoms with Crippen molar-refractivity contribution in [2.75, 3.05) is 34.9 Å². The molecule has 2 aromatic rings. The maximum absolute atomic E-state index is 13.5. The Morgan fingerprint density at radius 2 is 1.59 bits per heavy atom. The van der Waals surface area contributed by atoms with Crippen molar-refractivity contribution in [3.05, 3.63) is 41.5 Å². The third-order valence-electron chi connectivity index (χ3n) is 6.03. The average Bonchev–Trinajstić information content (AvgIpc) is 2.84. The number of ether oxygens (including phenoxy) is 4. The van der Waals surface area contributed by atoms with E-state index in [9.17, 15) is 4.79 Å². The van der Waals surface area contributed by atoms with Crippen LogP contribution in [0.3, 0.4) is 0 Å². The summed E-state index contributed by atoms with van der Waals surface area (Å²) in [4.78, 5) is 15.3. The Labute approximate surface area is 190 Å². The van der Waals surface area contributed by atoms with Gasteiger partial charge in [-0.25, -0.2) is 0 Å². The first-order chi connectivity index (χ1) is 15.5. The maximum atomic E-state index is 13.5. The first-order valence-electron chi connectivity index (χ1n) is 11.1. The van der Waals surface area contributed by atoms with Gasteiger partial charge in [0.2, 0.25) is 11.5 Å². The van der Waals surface area contributed by atoms with Gasteiger partial charge >= 0.3 is 0 Å². The number of nitrogens with two attached hydrogens (primary N) is 1. The summed E-state index contributed by atoms with van der Waals surface area (Å²) in [5, 5.41) is 0. The zero-order chi connectivity index (χ0) is 23.1. The number of hydrogen-bond donors (Lipinski definition) is 1. The fourth-order valence-electron chi connectivity index (χ4n) is 4.26. The highest BCUT2D eigenvalue weighted by Crippen LogP contribution is 2.48. The highest BCUT2D eigenvalue weighted by Gasteiger charge is 2.30. The van der Waals surface area contributed by atoms with Gasteiger partial charge in [-0.3, -0.25) is 4.79 Å². The number of rotatable bonds is 9. The maximum Gasteiger partial charge on any atom is 0.257 e. The predicted molar refractivity (Wildman–Crippen MR) is 124 cm³/mol. The Bertz CT molecular complexity index is 908. The molecule has 0 spiro atoms. The lowest BCUT2D eigenvalue weighted by molar-refractivity contribution is 0.0691. The minimum Gasteiger partial charge on any atom is -0.492 e. The molecule has 174 valence electrons. The van der Waals surface area contributed by atoms with Crippen LogP contribution in [0.2, 0.25) is 0 Å². The molecule has 3 rings (SSSR count). The van der Waals surface area contributed by atoms with Gasteiger partial charge in [0.15, 0.2) is 11.5 Å². The average molecular weight is 443 g/mol. The van der Waals surface area contributed by atoms with E-state index in [1.165, 1.54) is 27.8 Å². The highest BCUT2D eigenvalue weighted by molar-refractivity contribution is 5.99. The summed E-state index contributed by atoms with van der Waals surface area (Å²) >= 11 is 0. The monoisotopic (exact) mass is 442 g/mol. The van der Waals surface area contributed by atoms with Gasteiger partial charge in [0.1, 0.15) is 5.75 Å². The summed E-state index contributed by atoms with van der Waals surface area (Å²) in [6, 6.07) is 9.58. The summed E-state index contributed by atoms with van der Waals surface area (Å²) in [5.74, 6) is 1.91. The Morgan fingerprint density at radius 1 is 0.969 bits per heavy atom. The number of carbonyl (C=O) groups excluding carboxylic acids is 1. The molecule has 1 aliphatic rings. The van der Waals surface area contributed by atoms with Gasteiger partial charge in [0.25, 0.3) is 5.91 Å². The first kappa shape index (κ1) is 23.7. The topological polar surface area (TPSA) is 83.3 Å². The van der Waals surface area contributed by atoms with Gasteiger partial charge in [0.05, 0.1) is 26.9 Å². The standard InChI is InChI=1S/C25H34N2O5/c1-27(18-8-6-5-7-9-18)25(28)20-16-21(23(30-3)24(31-4)22(20)29-2)32-19-12-10-17(11-13-19)14-15-26/h10-13,16,18H,5-9,14-15,26H2,1-4H3. The number of hydrogen-bond acceptors (Lipinski definition) is 6. The summed E-state index contributed by atoms with van der Waals surface area (Å²) in [5.41, 5.74) is 7.14. The third kappa shape index (κ3) is 5.10. The van der Waals surface area contributed by atoms with Crippen molar-refractivity contribution in [3.63, 3.8) is 0 Å². The summed E-state index contributed by atoms with van der Waals surface area (Å²) in [7, 11) is 6.42. The lowest BCUT2D eigenvalue weighted by atomic mass is 9.94. The Balaban J connectivity index is 2.00. The summed E-state index contributed by atoms with van der Waals surface area (Å²) in [6.07, 6.45) is 6.32. The summed E-state index contributed by atoms with van der Waals surface area (Å²) < 4.78 is 22.9. The lowest BCUT2D eigenvalue weighted by Crippen LogP contribution is -2.38. The van der Waals surface area contributed by atoms with Crippen LogP contribution in [0, 0.1) is 0 Å². The molecule has 0 aliphatic heterocycles. The molecule has 0 bridgehead atoms. The van der Waals surface area contributed by atoms with Crippen molar-refractivity contribution in [1.29, 1.82) is 0 Å². The van der Waals surface area contributed by atoms with E-state index in [0.717, 1.165) is 37.7 Å². The molecule has 7 nitrogen and oxygen atoms in total. The van der Waals surface area contributed by atoms with Crippen LogP contribution in [-0.4, -0.2) is 51.8 Å². The number of benzene rings is 2. The molecule has 2 aromatic carbocycles. The van der Waals surface area contributed by atoms with E-state index >= 15 is 0 Å². The number of methoxy groups -OCH3 is 3. The van der Waals surface area contributed by atoms with Gasteiger partial charge in [-0.1, -0.05) is 31.4 Å². The number of nitrogens with zero attached hydrogens (tertiary/aromatic N) is 1. The Kier molecular flexibility index (Phi) is 8.22. The molecule has 1 amide bonds. The van der Waals surface area contributed by atoms with Crippen LogP contribution in [0.25, 0.3) is 0 Å². The van der Waals surface area contributed by atoms with E-state index in [1.807, 2.05) is 36.2 Å². The van der Waals surface area contributed by atoms with Crippen molar-refractivity contribution in [2.45, 2.75) is 44.6 Å². The number of amides is 1. The Morgan fingerprint density at radius 3 is 2.16 bits per heavy atom. The van der Waals surface area contributed by atoms with E-state index in [0.29, 0.717) is 40.9 Å². The van der Waals surface area contributed by atoms with Gasteiger partial charge in [-0.2, -0.15) is 0 Å². The molecule has 0 heterocycles. The second-order valence-electron chi connectivity index (χ2n) is 8.01. The molecule has 32 heavy (non-hydrogen) atoms. The van der Waals surface area contributed by atoms with Crippen LogP contribution in [0.15, 0.2) is 30.3 Å². The normalized spacial score (nSPS) is 14.0. The smallest absolute Gasteiger partial charge is 0.257 e. The molecule has 0 saturated heterocycles. The van der Waals surface area contributed by atoms with E-state index < -0.39 is 0 Å². The molecule has 1 aliphatic carbocycles. The molecule has 7 heteroatoms. The fourth-order valence-corrected chi connectivity index (χ4v) is 4.26. The van der Waals surface area contributed by atoms with Crippen molar-refractivity contribution in [1.82, 2.24) is 4.90 Å². The van der Waals surface area contributed by atoms with Crippen LogP contribution in [0.5, 0.6) is 28.7 Å². The largest absolute Gasteiger partial charge is 0.492 e. The van der Waals surface area contributed by atoms with Crippen molar-refractivity contribution < 1.29 is 23.7 Å². The molecule has 0 aromatic heterocycles. The quantitative estimate of drug-likeness (QED) is 0.619. The van der Waals surface area contributed by atoms with Crippen molar-refractivity contribution in [3.8, 4) is 28.7 Å². The molecule has 0 atom stereocenters. The van der Waals surface area contributed by atoms with Gasteiger partial charge in [-0.05, 0) is 43.5 Å². The molecule has 2 N–H and O–H groups in total. The van der Waals surface area contributed by atoms with Crippen LogP contribution in [0.1, 0.15) is 48.0 Å². The molecular weight excluding hydrogens is 408 g/mol. The second-order valence-corrected chi connectivity index (χ2v) is 8.01. The van der Waals surface area contributed by atoms with Gasteiger partial charge < -0.3 is 29.6 Å². The van der Waals surface area contributed by atoms with E-state index in [4.69, 9.17) is 24.7 Å². The van der Waals surface area contributed by atoms with Crippen molar-refractivity contribution in [2.24, 2.45) is 5.73 Å². The minimum atomic E-state index is -0.127. The van der Waals surface area contributed by atoms with Gasteiger partial charge in [0, 0.05) is 19.2 Å². The lowest BCUT2D eigenvalue weighted by Gasteiger charge is -2.32. The van der Waals surface area contributed by atoms with Crippen LogP contribution >= 0.6 is 0 Å². The predicted octanol–water partition coefficient (Wildman–Crippen LogP) is 4.41. The van der Waals surface area contributed by atoms with Crippen LogP contribution < -0.4 is 24.7 Å². The second kappa shape index (κ2) is 11.1. The molecular formula is C25H34N2O5. The number of carbonyl (C=O) groups is 1. The Hall–Kier alpha value is -2.93. The van der Waals surface area contributed by atoms with E-state index in [2.05, 4.69) is 0 Å². The third-order valence-corrected chi connectivity index (χ3v) is 6.03. The molecule has 0 unspecified atom stereocenters. The summed E-state index contributed by atoms with van der Waals surface area (Å²) in [6.45, 7) is 0.587. The van der Waals surface area contributed by atoms with Crippen LogP contribution in [0.4, 0.5) is 0 Å². The molecule has 0 radical (unpaired) electrons. The highest BCUT2D eigenvalue weighted by atomic mass is 16.5. The molecule has 1 fully saturated rings. The van der Waals surface area contributed by atoms with Gasteiger partial charge in [-0.15, -0.1) is 0 Å².